The number of H-pyrrole nitrogens is 1. The van der Waals surface area contributed by atoms with Gasteiger partial charge in [0.05, 0.1) is 11.8 Å². The van der Waals surface area contributed by atoms with Crippen LogP contribution in [0.3, 0.4) is 0 Å². The zero-order valence-corrected chi connectivity index (χ0v) is 11.9. The number of aryl methyl sites for hydroxylation is 1. The number of aromatic amines is 1. The lowest BCUT2D eigenvalue weighted by molar-refractivity contribution is -0.146. The molecule has 2 aliphatic rings. The molecule has 1 aromatic heterocycles. The number of hydrogen-bond donors (Lipinski definition) is 3. The van der Waals surface area contributed by atoms with E-state index in [1.807, 2.05) is 12.2 Å². The van der Waals surface area contributed by atoms with E-state index in [0.29, 0.717) is 5.82 Å². The zero-order chi connectivity index (χ0) is 15.0. The minimum Gasteiger partial charge on any atom is -0.481 e. The maximum atomic E-state index is 12.4. The lowest BCUT2D eigenvalue weighted by Crippen LogP contribution is -2.36. The number of aromatic nitrogens is 2. The summed E-state index contributed by atoms with van der Waals surface area (Å²) in [4.78, 5) is 23.8. The van der Waals surface area contributed by atoms with Crippen LogP contribution >= 0.6 is 0 Å². The molecular formula is C15H19N3O3. The van der Waals surface area contributed by atoms with Crippen LogP contribution in [0.25, 0.3) is 0 Å². The van der Waals surface area contributed by atoms with E-state index in [1.54, 1.807) is 6.07 Å². The molecule has 21 heavy (non-hydrogen) atoms. The Bertz CT molecular complexity index is 593. The van der Waals surface area contributed by atoms with Crippen molar-refractivity contribution in [1.29, 1.82) is 0 Å². The molecule has 4 unspecified atom stereocenters. The van der Waals surface area contributed by atoms with Gasteiger partial charge in [-0.2, -0.15) is 5.10 Å². The van der Waals surface area contributed by atoms with Gasteiger partial charge in [0, 0.05) is 11.8 Å². The minimum atomic E-state index is -0.888. The Kier molecular flexibility index (Phi) is 3.53. The predicted octanol–water partition coefficient (Wildman–Crippen LogP) is 1.82. The lowest BCUT2D eigenvalue weighted by Gasteiger charge is -2.23. The molecule has 3 rings (SSSR count). The molecule has 112 valence electrons. The van der Waals surface area contributed by atoms with Gasteiger partial charge in [0.2, 0.25) is 5.91 Å². The fourth-order valence-electron chi connectivity index (χ4n) is 3.55. The molecule has 1 amide bonds. The second kappa shape index (κ2) is 5.35. The number of nitrogens with one attached hydrogen (secondary N) is 2. The Hall–Kier alpha value is -2.11. The first kappa shape index (κ1) is 13.9. The molecule has 1 aromatic rings. The zero-order valence-electron chi connectivity index (χ0n) is 11.9. The second-order valence-electron chi connectivity index (χ2n) is 5.86. The van der Waals surface area contributed by atoms with Crippen LogP contribution in [0.4, 0.5) is 5.82 Å². The summed E-state index contributed by atoms with van der Waals surface area (Å²) in [5.74, 6) is -1.75. The van der Waals surface area contributed by atoms with Crippen LogP contribution < -0.4 is 5.32 Å². The van der Waals surface area contributed by atoms with Gasteiger partial charge in [-0.05, 0) is 24.7 Å². The highest BCUT2D eigenvalue weighted by Crippen LogP contribution is 2.48. The first-order valence-corrected chi connectivity index (χ1v) is 7.36. The van der Waals surface area contributed by atoms with E-state index in [2.05, 4.69) is 22.4 Å². The topological polar surface area (TPSA) is 95.1 Å². The highest BCUT2D eigenvalue weighted by atomic mass is 16.4. The third-order valence-corrected chi connectivity index (χ3v) is 4.45. The quantitative estimate of drug-likeness (QED) is 0.721. The van der Waals surface area contributed by atoms with Crippen LogP contribution in [0.1, 0.15) is 25.5 Å². The summed E-state index contributed by atoms with van der Waals surface area (Å²) in [6.45, 7) is 2.07. The van der Waals surface area contributed by atoms with Gasteiger partial charge < -0.3 is 10.4 Å². The van der Waals surface area contributed by atoms with E-state index < -0.39 is 17.8 Å². The molecule has 0 saturated heterocycles. The molecule has 1 heterocycles. The van der Waals surface area contributed by atoms with Crippen molar-refractivity contribution >= 4 is 17.7 Å². The van der Waals surface area contributed by atoms with Gasteiger partial charge in [0.1, 0.15) is 0 Å². The summed E-state index contributed by atoms with van der Waals surface area (Å²) in [5.41, 5.74) is 0.968. The normalized spacial score (nSPS) is 29.8. The monoisotopic (exact) mass is 289 g/mol. The number of nitrogens with zero attached hydrogens (tertiary/aromatic N) is 1. The van der Waals surface area contributed by atoms with Crippen LogP contribution in [-0.4, -0.2) is 27.2 Å². The van der Waals surface area contributed by atoms with Crippen molar-refractivity contribution in [2.45, 2.75) is 26.2 Å². The smallest absolute Gasteiger partial charge is 0.307 e. The number of amides is 1. The highest BCUT2D eigenvalue weighted by molar-refractivity contribution is 5.95. The number of carbonyl (C=O) groups excluding carboxylic acids is 1. The van der Waals surface area contributed by atoms with Gasteiger partial charge in [-0.25, -0.2) is 0 Å². The summed E-state index contributed by atoms with van der Waals surface area (Å²) in [6.07, 6.45) is 6.53. The first-order valence-electron chi connectivity index (χ1n) is 7.36. The predicted molar refractivity (Wildman–Crippen MR) is 76.6 cm³/mol. The van der Waals surface area contributed by atoms with Crippen molar-refractivity contribution in [2.75, 3.05) is 5.32 Å². The van der Waals surface area contributed by atoms with E-state index in [4.69, 9.17) is 0 Å². The van der Waals surface area contributed by atoms with E-state index in [-0.39, 0.29) is 17.7 Å². The van der Waals surface area contributed by atoms with Crippen molar-refractivity contribution in [2.24, 2.45) is 23.7 Å². The van der Waals surface area contributed by atoms with Gasteiger partial charge in [-0.3, -0.25) is 14.7 Å². The van der Waals surface area contributed by atoms with Crippen molar-refractivity contribution in [3.05, 3.63) is 23.9 Å². The maximum absolute atomic E-state index is 12.4. The summed E-state index contributed by atoms with van der Waals surface area (Å²) in [5, 5.41) is 19.0. The summed E-state index contributed by atoms with van der Waals surface area (Å²) in [7, 11) is 0. The SMILES string of the molecule is CCCc1cc(NC(=O)C2C3C=CC(C3)C2C(=O)O)n[nH]1. The highest BCUT2D eigenvalue weighted by Gasteiger charge is 2.51. The largest absolute Gasteiger partial charge is 0.481 e. The third kappa shape index (κ3) is 2.46. The molecule has 6 nitrogen and oxygen atoms in total. The van der Waals surface area contributed by atoms with Crippen molar-refractivity contribution in [1.82, 2.24) is 10.2 Å². The van der Waals surface area contributed by atoms with Crippen LogP contribution in [0.5, 0.6) is 0 Å². The molecular weight excluding hydrogens is 270 g/mol. The first-order chi connectivity index (χ1) is 10.1. The third-order valence-electron chi connectivity index (χ3n) is 4.45. The van der Waals surface area contributed by atoms with Crippen LogP contribution in [0, 0.1) is 23.7 Å². The molecule has 1 saturated carbocycles. The van der Waals surface area contributed by atoms with Crippen molar-refractivity contribution in [3.8, 4) is 0 Å². The number of aliphatic carboxylic acids is 1. The molecule has 0 aromatic carbocycles. The van der Waals surface area contributed by atoms with Crippen LogP contribution in [-0.2, 0) is 16.0 Å². The van der Waals surface area contributed by atoms with Gasteiger partial charge in [0.15, 0.2) is 5.82 Å². The molecule has 0 spiro atoms. The van der Waals surface area contributed by atoms with Gasteiger partial charge in [-0.1, -0.05) is 25.5 Å². The standard InChI is InChI=1S/C15H19N3O3/c1-2-3-10-7-11(18-17-10)16-14(19)12-8-4-5-9(6-8)13(12)15(20)21/h4-5,7-9,12-13H,2-3,6H2,1H3,(H,20,21)(H2,16,17,18,19). The average Bonchev–Trinajstić information content (AvgIpc) is 3.13. The summed E-state index contributed by atoms with van der Waals surface area (Å²) < 4.78 is 0. The Labute approximate surface area is 122 Å². The number of hydrogen-bond acceptors (Lipinski definition) is 3. The fourth-order valence-corrected chi connectivity index (χ4v) is 3.55. The molecule has 2 bridgehead atoms. The second-order valence-corrected chi connectivity index (χ2v) is 5.86. The molecule has 6 heteroatoms. The van der Waals surface area contributed by atoms with Gasteiger partial charge in [-0.15, -0.1) is 0 Å². The summed E-state index contributed by atoms with van der Waals surface area (Å²) in [6, 6.07) is 1.81. The number of anilines is 1. The number of fused-ring (bicyclic) bond motifs is 2. The molecule has 0 aliphatic heterocycles. The average molecular weight is 289 g/mol. The number of allylic oxidation sites excluding steroid dienone is 2. The number of carboxylic acid groups (broad SMARTS) is 1. The van der Waals surface area contributed by atoms with Crippen molar-refractivity contribution < 1.29 is 14.7 Å². The Morgan fingerprint density at radius 2 is 2.10 bits per heavy atom. The number of rotatable bonds is 5. The molecule has 2 aliphatic carbocycles. The maximum Gasteiger partial charge on any atom is 0.307 e. The number of carbonyl (C=O) groups is 2. The van der Waals surface area contributed by atoms with Gasteiger partial charge >= 0.3 is 5.97 Å². The van der Waals surface area contributed by atoms with Crippen LogP contribution in [0.2, 0.25) is 0 Å². The van der Waals surface area contributed by atoms with E-state index in [0.717, 1.165) is 25.0 Å². The Balaban J connectivity index is 1.72. The molecule has 0 radical (unpaired) electrons. The lowest BCUT2D eigenvalue weighted by atomic mass is 9.82. The number of carboxylic acids is 1. The Morgan fingerprint density at radius 3 is 2.76 bits per heavy atom. The fraction of sp³-hybridized carbons (Fsp3) is 0.533. The molecule has 1 fully saturated rings. The Morgan fingerprint density at radius 1 is 1.38 bits per heavy atom. The molecule has 4 atom stereocenters. The van der Waals surface area contributed by atoms with Crippen molar-refractivity contribution in [3.63, 3.8) is 0 Å². The minimum absolute atomic E-state index is 0.0157. The summed E-state index contributed by atoms with van der Waals surface area (Å²) >= 11 is 0. The van der Waals surface area contributed by atoms with E-state index >= 15 is 0 Å². The van der Waals surface area contributed by atoms with E-state index in [1.165, 1.54) is 0 Å². The molecule has 3 N–H and O–H groups in total. The van der Waals surface area contributed by atoms with Crippen LogP contribution in [0.15, 0.2) is 18.2 Å². The van der Waals surface area contributed by atoms with E-state index in [9.17, 15) is 14.7 Å². The van der Waals surface area contributed by atoms with Gasteiger partial charge in [0.25, 0.3) is 0 Å².